The number of amides is 2. The molecule has 2 aromatic rings. The quantitative estimate of drug-likeness (QED) is 0.700. The summed E-state index contributed by atoms with van der Waals surface area (Å²) in [6.07, 6.45) is 7.60. The molecule has 144 valence electrons. The summed E-state index contributed by atoms with van der Waals surface area (Å²) in [6.45, 7) is 3.83. The van der Waals surface area contributed by atoms with Crippen molar-refractivity contribution < 1.29 is 9.59 Å². The van der Waals surface area contributed by atoms with Crippen molar-refractivity contribution in [2.75, 3.05) is 6.54 Å². The number of pyridine rings is 1. The molecule has 0 saturated heterocycles. The fourth-order valence-corrected chi connectivity index (χ4v) is 3.31. The van der Waals surface area contributed by atoms with E-state index in [0.717, 1.165) is 56.5 Å². The molecule has 0 unspecified atom stereocenters. The van der Waals surface area contributed by atoms with E-state index in [1.165, 1.54) is 0 Å². The molecule has 1 aliphatic heterocycles. The molecule has 0 fully saturated rings. The fourth-order valence-electron chi connectivity index (χ4n) is 3.31. The number of rotatable bonds is 8. The van der Waals surface area contributed by atoms with Crippen molar-refractivity contribution in [3.63, 3.8) is 0 Å². The van der Waals surface area contributed by atoms with Crippen LogP contribution >= 0.6 is 0 Å². The number of imidazole rings is 1. The molecule has 3 heterocycles. The SMILES string of the molecule is CCCCCNC(=O)c1nc(C(=O)NCc2ccccn2)c2n1CCCC2. The maximum absolute atomic E-state index is 12.7. The summed E-state index contributed by atoms with van der Waals surface area (Å²) in [5.41, 5.74) is 2.01. The molecule has 27 heavy (non-hydrogen) atoms. The van der Waals surface area contributed by atoms with Crippen molar-refractivity contribution >= 4 is 11.8 Å². The molecule has 0 saturated carbocycles. The van der Waals surface area contributed by atoms with Gasteiger partial charge in [0.15, 0.2) is 5.82 Å². The highest BCUT2D eigenvalue weighted by Crippen LogP contribution is 2.21. The highest BCUT2D eigenvalue weighted by molar-refractivity contribution is 5.97. The van der Waals surface area contributed by atoms with E-state index < -0.39 is 0 Å². The Morgan fingerprint density at radius 2 is 2.04 bits per heavy atom. The summed E-state index contributed by atoms with van der Waals surface area (Å²) in [6, 6.07) is 5.58. The van der Waals surface area contributed by atoms with Crippen molar-refractivity contribution in [3.05, 3.63) is 47.3 Å². The van der Waals surface area contributed by atoms with Crippen LogP contribution in [0.1, 0.15) is 71.5 Å². The summed E-state index contributed by atoms with van der Waals surface area (Å²) in [4.78, 5) is 33.9. The van der Waals surface area contributed by atoms with Gasteiger partial charge in [0, 0.05) is 19.3 Å². The lowest BCUT2D eigenvalue weighted by Crippen LogP contribution is -2.28. The van der Waals surface area contributed by atoms with Crippen LogP contribution in [0.5, 0.6) is 0 Å². The van der Waals surface area contributed by atoms with Crippen LogP contribution in [0.3, 0.4) is 0 Å². The number of hydrogen-bond acceptors (Lipinski definition) is 4. The first-order valence-electron chi connectivity index (χ1n) is 9.76. The molecule has 3 rings (SSSR count). The zero-order valence-corrected chi connectivity index (χ0v) is 15.8. The average molecular weight is 369 g/mol. The van der Waals surface area contributed by atoms with Crippen LogP contribution in [-0.4, -0.2) is 32.9 Å². The van der Waals surface area contributed by atoms with E-state index in [0.29, 0.717) is 24.6 Å². The summed E-state index contributed by atoms with van der Waals surface area (Å²) >= 11 is 0. The molecular weight excluding hydrogens is 342 g/mol. The zero-order chi connectivity index (χ0) is 19.1. The summed E-state index contributed by atoms with van der Waals surface area (Å²) in [7, 11) is 0. The zero-order valence-electron chi connectivity index (χ0n) is 15.8. The smallest absolute Gasteiger partial charge is 0.287 e. The van der Waals surface area contributed by atoms with Gasteiger partial charge in [0.05, 0.1) is 17.9 Å². The number of nitrogens with zero attached hydrogens (tertiary/aromatic N) is 3. The number of hydrogen-bond donors (Lipinski definition) is 2. The van der Waals surface area contributed by atoms with Crippen LogP contribution in [0.4, 0.5) is 0 Å². The van der Waals surface area contributed by atoms with E-state index >= 15 is 0 Å². The van der Waals surface area contributed by atoms with E-state index in [4.69, 9.17) is 0 Å². The Hall–Kier alpha value is -2.70. The van der Waals surface area contributed by atoms with Crippen LogP contribution in [-0.2, 0) is 19.5 Å². The second-order valence-electron chi connectivity index (χ2n) is 6.81. The van der Waals surface area contributed by atoms with Gasteiger partial charge in [0.2, 0.25) is 0 Å². The first-order valence-corrected chi connectivity index (χ1v) is 9.76. The van der Waals surface area contributed by atoms with Crippen molar-refractivity contribution in [2.24, 2.45) is 0 Å². The van der Waals surface area contributed by atoms with Gasteiger partial charge in [0.25, 0.3) is 11.8 Å². The van der Waals surface area contributed by atoms with E-state index in [9.17, 15) is 9.59 Å². The number of aromatic nitrogens is 3. The normalized spacial score (nSPS) is 13.1. The van der Waals surface area contributed by atoms with Gasteiger partial charge in [-0.05, 0) is 37.8 Å². The second-order valence-corrected chi connectivity index (χ2v) is 6.81. The first kappa shape index (κ1) is 19.1. The van der Waals surface area contributed by atoms with Crippen molar-refractivity contribution in [1.29, 1.82) is 0 Å². The third-order valence-corrected chi connectivity index (χ3v) is 4.76. The maximum atomic E-state index is 12.7. The molecule has 2 aromatic heterocycles. The fraction of sp³-hybridized carbons (Fsp3) is 0.500. The molecule has 0 atom stereocenters. The molecule has 0 aromatic carbocycles. The lowest BCUT2D eigenvalue weighted by atomic mass is 10.1. The van der Waals surface area contributed by atoms with Crippen LogP contribution in [0.15, 0.2) is 24.4 Å². The topological polar surface area (TPSA) is 88.9 Å². The lowest BCUT2D eigenvalue weighted by molar-refractivity contribution is 0.0937. The number of unbranched alkanes of at least 4 members (excludes halogenated alkanes) is 2. The van der Waals surface area contributed by atoms with E-state index in [1.807, 2.05) is 22.8 Å². The molecule has 2 amide bonds. The van der Waals surface area contributed by atoms with Crippen molar-refractivity contribution in [2.45, 2.75) is 58.5 Å². The van der Waals surface area contributed by atoms with Crippen molar-refractivity contribution in [1.82, 2.24) is 25.2 Å². The highest BCUT2D eigenvalue weighted by atomic mass is 16.2. The molecule has 0 aliphatic carbocycles. The predicted octanol–water partition coefficient (Wildman–Crippen LogP) is 2.46. The first-order chi connectivity index (χ1) is 13.2. The summed E-state index contributed by atoms with van der Waals surface area (Å²) in [5.74, 6) is -0.0986. The number of carbonyl (C=O) groups is 2. The highest BCUT2D eigenvalue weighted by Gasteiger charge is 2.27. The van der Waals surface area contributed by atoms with Gasteiger partial charge in [-0.3, -0.25) is 14.6 Å². The number of carbonyl (C=O) groups excluding carboxylic acids is 2. The maximum Gasteiger partial charge on any atom is 0.287 e. The van der Waals surface area contributed by atoms with Crippen LogP contribution in [0, 0.1) is 0 Å². The van der Waals surface area contributed by atoms with Crippen molar-refractivity contribution in [3.8, 4) is 0 Å². The lowest BCUT2D eigenvalue weighted by Gasteiger charge is -2.17. The van der Waals surface area contributed by atoms with Gasteiger partial charge in [0.1, 0.15) is 5.69 Å². The third kappa shape index (κ3) is 4.72. The summed E-state index contributed by atoms with van der Waals surface area (Å²) < 4.78 is 1.91. The minimum Gasteiger partial charge on any atom is -0.349 e. The average Bonchev–Trinajstić information content (AvgIpc) is 3.10. The molecular formula is C20H27N5O2. The Bertz CT molecular complexity index is 785. The number of nitrogens with one attached hydrogen (secondary N) is 2. The molecule has 0 bridgehead atoms. The van der Waals surface area contributed by atoms with E-state index in [1.54, 1.807) is 6.20 Å². The Labute approximate surface area is 159 Å². The van der Waals surface area contributed by atoms with Gasteiger partial charge in [-0.15, -0.1) is 0 Å². The van der Waals surface area contributed by atoms with Crippen LogP contribution in [0.25, 0.3) is 0 Å². The van der Waals surface area contributed by atoms with E-state index in [2.05, 4.69) is 27.5 Å². The summed E-state index contributed by atoms with van der Waals surface area (Å²) in [5, 5.41) is 5.80. The molecule has 0 radical (unpaired) electrons. The standard InChI is InChI=1S/C20H27N5O2/c1-2-3-6-12-22-20(27)18-24-17(16-10-5-8-13-25(16)18)19(26)23-14-15-9-4-7-11-21-15/h4,7,9,11H,2-3,5-6,8,10,12-14H2,1H3,(H,22,27)(H,23,26). The van der Waals surface area contributed by atoms with Gasteiger partial charge in [-0.25, -0.2) is 4.98 Å². The third-order valence-electron chi connectivity index (χ3n) is 4.76. The van der Waals surface area contributed by atoms with E-state index in [-0.39, 0.29) is 11.8 Å². The Morgan fingerprint density at radius 1 is 1.15 bits per heavy atom. The van der Waals surface area contributed by atoms with Gasteiger partial charge < -0.3 is 15.2 Å². The minimum absolute atomic E-state index is 0.196. The predicted molar refractivity (Wildman–Crippen MR) is 102 cm³/mol. The van der Waals surface area contributed by atoms with Gasteiger partial charge in [-0.2, -0.15) is 0 Å². The molecule has 7 heteroatoms. The van der Waals surface area contributed by atoms with Crippen LogP contribution in [0.2, 0.25) is 0 Å². The second kappa shape index (κ2) is 9.30. The molecule has 7 nitrogen and oxygen atoms in total. The Kier molecular flexibility index (Phi) is 6.57. The Morgan fingerprint density at radius 3 is 2.81 bits per heavy atom. The molecule has 0 spiro atoms. The monoisotopic (exact) mass is 369 g/mol. The largest absolute Gasteiger partial charge is 0.349 e. The Balaban J connectivity index is 1.72. The number of fused-ring (bicyclic) bond motifs is 1. The molecule has 2 N–H and O–H groups in total. The molecule has 1 aliphatic rings. The minimum atomic E-state index is -0.253. The van der Waals surface area contributed by atoms with Crippen LogP contribution < -0.4 is 10.6 Å². The van der Waals surface area contributed by atoms with Gasteiger partial charge in [-0.1, -0.05) is 25.8 Å². The van der Waals surface area contributed by atoms with Gasteiger partial charge >= 0.3 is 0 Å².